The van der Waals surface area contributed by atoms with Crippen LogP contribution in [0.15, 0.2) is 4.99 Å². The molecule has 2 unspecified atom stereocenters. The second-order valence-corrected chi connectivity index (χ2v) is 3.12. The Morgan fingerprint density at radius 3 is 2.85 bits per heavy atom. The van der Waals surface area contributed by atoms with E-state index in [1.54, 1.807) is 14.2 Å². The lowest BCUT2D eigenvalue weighted by atomic mass is 10.0. The van der Waals surface area contributed by atoms with Gasteiger partial charge in [-0.25, -0.2) is 0 Å². The zero-order valence-electron chi connectivity index (χ0n) is 8.13. The van der Waals surface area contributed by atoms with Crippen LogP contribution in [0.2, 0.25) is 0 Å². The molecule has 1 heterocycles. The molecule has 0 saturated carbocycles. The third-order valence-electron chi connectivity index (χ3n) is 2.04. The van der Waals surface area contributed by atoms with Crippen molar-refractivity contribution in [1.29, 1.82) is 0 Å². The van der Waals surface area contributed by atoms with Crippen molar-refractivity contribution < 1.29 is 9.53 Å². The van der Waals surface area contributed by atoms with Crippen LogP contribution >= 0.6 is 0 Å². The lowest BCUT2D eigenvalue weighted by Crippen LogP contribution is -2.37. The van der Waals surface area contributed by atoms with Gasteiger partial charge in [-0.3, -0.25) is 15.1 Å². The highest BCUT2D eigenvalue weighted by Crippen LogP contribution is 2.07. The number of ether oxygens (including phenoxy) is 1. The van der Waals surface area contributed by atoms with Crippen molar-refractivity contribution in [2.24, 2.45) is 10.9 Å². The van der Waals surface area contributed by atoms with E-state index >= 15 is 0 Å². The molecule has 1 amide bonds. The maximum Gasteiger partial charge on any atom is 0.249 e. The lowest BCUT2D eigenvalue weighted by Gasteiger charge is -2.15. The Labute approximate surface area is 77.6 Å². The van der Waals surface area contributed by atoms with Crippen molar-refractivity contribution in [3.8, 4) is 0 Å². The molecule has 0 aromatic heterocycles. The zero-order chi connectivity index (χ0) is 9.84. The molecule has 1 fully saturated rings. The van der Waals surface area contributed by atoms with Gasteiger partial charge in [0.15, 0.2) is 5.96 Å². The molecule has 0 aromatic rings. The summed E-state index contributed by atoms with van der Waals surface area (Å²) in [6.45, 7) is 2.52. The van der Waals surface area contributed by atoms with E-state index in [1.807, 2.05) is 6.92 Å². The fourth-order valence-corrected chi connectivity index (χ4v) is 1.32. The number of nitrogens with one attached hydrogen (secondary N) is 2. The Kier molecular flexibility index (Phi) is 3.25. The van der Waals surface area contributed by atoms with Gasteiger partial charge in [0.25, 0.3) is 0 Å². The first-order chi connectivity index (χ1) is 6.19. The highest BCUT2D eigenvalue weighted by molar-refractivity contribution is 6.06. The quantitative estimate of drug-likeness (QED) is 0.613. The highest BCUT2D eigenvalue weighted by atomic mass is 16.5. The summed E-state index contributed by atoms with van der Waals surface area (Å²) in [4.78, 5) is 15.2. The SMILES string of the molecule is CN=C1NC(=O)C(C(C)COC)N1. The van der Waals surface area contributed by atoms with Crippen LogP contribution in [0.4, 0.5) is 0 Å². The summed E-state index contributed by atoms with van der Waals surface area (Å²) in [6, 6.07) is -0.223. The monoisotopic (exact) mass is 185 g/mol. The molecule has 1 saturated heterocycles. The van der Waals surface area contributed by atoms with E-state index in [9.17, 15) is 4.79 Å². The van der Waals surface area contributed by atoms with Gasteiger partial charge in [0, 0.05) is 20.1 Å². The number of hydrogen-bond acceptors (Lipinski definition) is 3. The molecular formula is C8H15N3O2. The number of amides is 1. The van der Waals surface area contributed by atoms with Crippen LogP contribution in [-0.4, -0.2) is 38.7 Å². The molecule has 5 nitrogen and oxygen atoms in total. The van der Waals surface area contributed by atoms with Crippen molar-refractivity contribution in [1.82, 2.24) is 10.6 Å². The van der Waals surface area contributed by atoms with Crippen LogP contribution in [0.5, 0.6) is 0 Å². The van der Waals surface area contributed by atoms with Crippen molar-refractivity contribution in [2.75, 3.05) is 20.8 Å². The Balaban J connectivity index is 2.57. The minimum absolute atomic E-state index is 0.0369. The summed E-state index contributed by atoms with van der Waals surface area (Å²) < 4.78 is 4.97. The van der Waals surface area contributed by atoms with E-state index in [1.165, 1.54) is 0 Å². The van der Waals surface area contributed by atoms with Crippen LogP contribution in [-0.2, 0) is 9.53 Å². The van der Waals surface area contributed by atoms with Crippen molar-refractivity contribution >= 4 is 11.9 Å². The van der Waals surface area contributed by atoms with Crippen LogP contribution in [0, 0.1) is 5.92 Å². The molecule has 2 N–H and O–H groups in total. The molecule has 1 aliphatic rings. The number of hydrogen-bond donors (Lipinski definition) is 2. The fraction of sp³-hybridized carbons (Fsp3) is 0.750. The van der Waals surface area contributed by atoms with E-state index in [0.29, 0.717) is 12.6 Å². The van der Waals surface area contributed by atoms with E-state index in [4.69, 9.17) is 4.74 Å². The first-order valence-corrected chi connectivity index (χ1v) is 4.22. The van der Waals surface area contributed by atoms with Crippen molar-refractivity contribution in [3.63, 3.8) is 0 Å². The van der Waals surface area contributed by atoms with Gasteiger partial charge in [-0.05, 0) is 0 Å². The number of carbonyl (C=O) groups is 1. The van der Waals surface area contributed by atoms with E-state index < -0.39 is 0 Å². The predicted octanol–water partition coefficient (Wildman–Crippen LogP) is -0.657. The number of nitrogens with zero attached hydrogens (tertiary/aromatic N) is 1. The van der Waals surface area contributed by atoms with Crippen LogP contribution < -0.4 is 10.6 Å². The lowest BCUT2D eigenvalue weighted by molar-refractivity contribution is -0.121. The molecule has 0 aliphatic carbocycles. The third-order valence-corrected chi connectivity index (χ3v) is 2.04. The van der Waals surface area contributed by atoms with E-state index in [2.05, 4.69) is 15.6 Å². The molecular weight excluding hydrogens is 170 g/mol. The summed E-state index contributed by atoms with van der Waals surface area (Å²) in [7, 11) is 3.25. The number of aliphatic imine (C=N–C) groups is 1. The highest BCUT2D eigenvalue weighted by Gasteiger charge is 2.32. The summed E-state index contributed by atoms with van der Waals surface area (Å²) in [5.41, 5.74) is 0. The van der Waals surface area contributed by atoms with Gasteiger partial charge in [0.1, 0.15) is 6.04 Å². The van der Waals surface area contributed by atoms with Gasteiger partial charge in [-0.2, -0.15) is 0 Å². The Morgan fingerprint density at radius 1 is 1.69 bits per heavy atom. The zero-order valence-corrected chi connectivity index (χ0v) is 8.13. The molecule has 13 heavy (non-hydrogen) atoms. The molecule has 1 aliphatic heterocycles. The largest absolute Gasteiger partial charge is 0.384 e. The molecule has 1 rings (SSSR count). The van der Waals surface area contributed by atoms with Crippen LogP contribution in [0.25, 0.3) is 0 Å². The molecule has 2 atom stereocenters. The number of guanidine groups is 1. The summed E-state index contributed by atoms with van der Waals surface area (Å²) >= 11 is 0. The maximum absolute atomic E-state index is 11.3. The first-order valence-electron chi connectivity index (χ1n) is 4.22. The van der Waals surface area contributed by atoms with Crippen molar-refractivity contribution in [2.45, 2.75) is 13.0 Å². The average molecular weight is 185 g/mol. The minimum atomic E-state index is -0.223. The van der Waals surface area contributed by atoms with Crippen molar-refractivity contribution in [3.05, 3.63) is 0 Å². The molecule has 0 aromatic carbocycles. The Morgan fingerprint density at radius 2 is 2.38 bits per heavy atom. The van der Waals surface area contributed by atoms with Crippen LogP contribution in [0.3, 0.4) is 0 Å². The molecule has 5 heteroatoms. The van der Waals surface area contributed by atoms with Gasteiger partial charge >= 0.3 is 0 Å². The molecule has 74 valence electrons. The topological polar surface area (TPSA) is 62.7 Å². The second kappa shape index (κ2) is 4.23. The second-order valence-electron chi connectivity index (χ2n) is 3.12. The van der Waals surface area contributed by atoms with Gasteiger partial charge in [0.05, 0.1) is 6.61 Å². The minimum Gasteiger partial charge on any atom is -0.384 e. The number of carbonyl (C=O) groups excluding carboxylic acids is 1. The van der Waals surface area contributed by atoms with E-state index in [-0.39, 0.29) is 17.9 Å². The Bertz CT molecular complexity index is 227. The number of rotatable bonds is 3. The molecule has 0 bridgehead atoms. The third kappa shape index (κ3) is 2.18. The predicted molar refractivity (Wildman–Crippen MR) is 49.5 cm³/mol. The normalized spacial score (nSPS) is 27.2. The standard InChI is InChI=1S/C8H15N3O2/c1-5(4-13-3)6-7(12)11-8(9-2)10-6/h5-6H,4H2,1-3H3,(H2,9,10,11,12). The average Bonchev–Trinajstić information content (AvgIpc) is 2.47. The van der Waals surface area contributed by atoms with Gasteiger partial charge in [-0.15, -0.1) is 0 Å². The number of methoxy groups -OCH3 is 1. The van der Waals surface area contributed by atoms with Gasteiger partial charge < -0.3 is 10.1 Å². The smallest absolute Gasteiger partial charge is 0.249 e. The summed E-state index contributed by atoms with van der Waals surface area (Å²) in [5.74, 6) is 0.646. The maximum atomic E-state index is 11.3. The van der Waals surface area contributed by atoms with Gasteiger partial charge in [-0.1, -0.05) is 6.92 Å². The summed E-state index contributed by atoms with van der Waals surface area (Å²) in [5, 5.41) is 5.62. The first kappa shape index (κ1) is 9.98. The van der Waals surface area contributed by atoms with Gasteiger partial charge in [0.2, 0.25) is 5.91 Å². The van der Waals surface area contributed by atoms with E-state index in [0.717, 1.165) is 0 Å². The fourth-order valence-electron chi connectivity index (χ4n) is 1.32. The molecule has 0 radical (unpaired) electrons. The Hall–Kier alpha value is -1.10. The van der Waals surface area contributed by atoms with Crippen LogP contribution in [0.1, 0.15) is 6.92 Å². The summed E-state index contributed by atoms with van der Waals surface area (Å²) in [6.07, 6.45) is 0. The molecule has 0 spiro atoms.